The molecule has 2 heterocycles. The summed E-state index contributed by atoms with van der Waals surface area (Å²) in [4.78, 5) is 26.4. The standard InChI is InChI=1S/C26H27NO5S2/c1-18-5-9-20(10-6-18)24(28)25(21-11-7-19(2)8-12-21)32-26(29)22-13-15-27(16-14-22)34(30,31)23-4-3-17-33-23/h3-12,17,22,25H,13-16H2,1-2H3/t25-/m1/s1. The van der Waals surface area contributed by atoms with Gasteiger partial charge in [0.2, 0.25) is 5.78 Å². The highest BCUT2D eigenvalue weighted by molar-refractivity contribution is 7.91. The molecule has 0 amide bonds. The number of benzene rings is 2. The quantitative estimate of drug-likeness (QED) is 0.341. The molecule has 3 aromatic rings. The van der Waals surface area contributed by atoms with Gasteiger partial charge in [-0.25, -0.2) is 8.42 Å². The van der Waals surface area contributed by atoms with Crippen LogP contribution in [0, 0.1) is 19.8 Å². The minimum absolute atomic E-state index is 0.237. The summed E-state index contributed by atoms with van der Waals surface area (Å²) in [6, 6.07) is 17.8. The van der Waals surface area contributed by atoms with Crippen LogP contribution in [-0.4, -0.2) is 37.6 Å². The van der Waals surface area contributed by atoms with Gasteiger partial charge in [0.15, 0.2) is 6.10 Å². The number of aryl methyl sites for hydroxylation is 2. The number of esters is 1. The van der Waals surface area contributed by atoms with Crippen LogP contribution in [-0.2, 0) is 19.6 Å². The Labute approximate surface area is 204 Å². The highest BCUT2D eigenvalue weighted by atomic mass is 32.2. The molecule has 4 rings (SSSR count). The predicted octanol–water partition coefficient (Wildman–Crippen LogP) is 4.93. The Morgan fingerprint density at radius 2 is 1.53 bits per heavy atom. The summed E-state index contributed by atoms with van der Waals surface area (Å²) in [7, 11) is -3.55. The van der Waals surface area contributed by atoms with Crippen molar-refractivity contribution in [3.05, 3.63) is 88.3 Å². The average Bonchev–Trinajstić information content (AvgIpc) is 3.39. The van der Waals surface area contributed by atoms with Gasteiger partial charge in [0.25, 0.3) is 10.0 Å². The van der Waals surface area contributed by atoms with E-state index in [1.54, 1.807) is 41.8 Å². The normalized spacial score (nSPS) is 16.2. The number of ether oxygens (including phenoxy) is 1. The van der Waals surface area contributed by atoms with Gasteiger partial charge in [-0.1, -0.05) is 65.7 Å². The summed E-state index contributed by atoms with van der Waals surface area (Å²) in [5.74, 6) is -1.22. The highest BCUT2D eigenvalue weighted by Crippen LogP contribution is 2.30. The molecule has 0 N–H and O–H groups in total. The first-order chi connectivity index (χ1) is 16.3. The van der Waals surface area contributed by atoms with E-state index in [4.69, 9.17) is 4.74 Å². The zero-order chi connectivity index (χ0) is 24.3. The molecule has 6 nitrogen and oxygen atoms in total. The molecule has 1 aliphatic rings. The number of sulfonamides is 1. The van der Waals surface area contributed by atoms with E-state index >= 15 is 0 Å². The maximum Gasteiger partial charge on any atom is 0.310 e. The SMILES string of the molecule is Cc1ccc(C(=O)[C@H](OC(=O)C2CCN(S(=O)(=O)c3cccs3)CC2)c2ccc(C)cc2)cc1. The van der Waals surface area contributed by atoms with Crippen molar-refractivity contribution < 1.29 is 22.7 Å². The molecular formula is C26H27NO5S2. The van der Waals surface area contributed by atoms with Crippen LogP contribution < -0.4 is 0 Å². The van der Waals surface area contributed by atoms with Crippen molar-refractivity contribution in [3.8, 4) is 0 Å². The number of hydrogen-bond acceptors (Lipinski definition) is 6. The first-order valence-corrected chi connectivity index (χ1v) is 13.5. The summed E-state index contributed by atoms with van der Waals surface area (Å²) in [5, 5.41) is 1.73. The Kier molecular flexibility index (Phi) is 7.30. The zero-order valence-electron chi connectivity index (χ0n) is 19.1. The van der Waals surface area contributed by atoms with Crippen molar-refractivity contribution in [1.29, 1.82) is 0 Å². The molecule has 8 heteroatoms. The third kappa shape index (κ3) is 5.29. The average molecular weight is 498 g/mol. The fourth-order valence-corrected chi connectivity index (χ4v) is 6.58. The van der Waals surface area contributed by atoms with Crippen LogP contribution in [0.15, 0.2) is 70.3 Å². The van der Waals surface area contributed by atoms with Crippen molar-refractivity contribution in [2.75, 3.05) is 13.1 Å². The molecule has 1 saturated heterocycles. The maximum absolute atomic E-state index is 13.3. The van der Waals surface area contributed by atoms with E-state index in [9.17, 15) is 18.0 Å². The molecule has 1 aromatic heterocycles. The lowest BCUT2D eigenvalue weighted by Gasteiger charge is -2.30. The Bertz CT molecular complexity index is 1240. The second-order valence-electron chi connectivity index (χ2n) is 8.57. The summed E-state index contributed by atoms with van der Waals surface area (Å²) in [6.07, 6.45) is -0.352. The summed E-state index contributed by atoms with van der Waals surface area (Å²) >= 11 is 1.18. The van der Waals surface area contributed by atoms with Crippen LogP contribution >= 0.6 is 11.3 Å². The molecule has 0 unspecified atom stereocenters. The Hall–Kier alpha value is -2.81. The van der Waals surface area contributed by atoms with Gasteiger partial charge in [-0.3, -0.25) is 9.59 Å². The van der Waals surface area contributed by atoms with E-state index < -0.39 is 28.0 Å². The van der Waals surface area contributed by atoms with E-state index in [0.717, 1.165) is 11.1 Å². The number of piperidine rings is 1. The van der Waals surface area contributed by atoms with Gasteiger partial charge in [-0.05, 0) is 38.1 Å². The summed E-state index contributed by atoms with van der Waals surface area (Å²) in [5.41, 5.74) is 3.16. The zero-order valence-corrected chi connectivity index (χ0v) is 20.8. The van der Waals surface area contributed by atoms with E-state index in [0.29, 0.717) is 28.2 Å². The molecule has 0 spiro atoms. The molecule has 0 saturated carbocycles. The van der Waals surface area contributed by atoms with E-state index in [1.165, 1.54) is 15.6 Å². The molecule has 0 bridgehead atoms. The van der Waals surface area contributed by atoms with E-state index in [-0.39, 0.29) is 18.9 Å². The topological polar surface area (TPSA) is 80.8 Å². The van der Waals surface area contributed by atoms with Gasteiger partial charge in [-0.2, -0.15) is 4.31 Å². The molecule has 1 aliphatic heterocycles. The van der Waals surface area contributed by atoms with Gasteiger partial charge in [0, 0.05) is 24.2 Å². The largest absolute Gasteiger partial charge is 0.449 e. The Morgan fingerprint density at radius 1 is 0.941 bits per heavy atom. The lowest BCUT2D eigenvalue weighted by molar-refractivity contribution is -0.153. The monoisotopic (exact) mass is 497 g/mol. The first kappa shape index (κ1) is 24.3. The fourth-order valence-electron chi connectivity index (χ4n) is 3.97. The second-order valence-corrected chi connectivity index (χ2v) is 11.7. The predicted molar refractivity (Wildman–Crippen MR) is 131 cm³/mol. The van der Waals surface area contributed by atoms with Crippen molar-refractivity contribution in [2.24, 2.45) is 5.92 Å². The molecule has 1 fully saturated rings. The molecule has 1 atom stereocenters. The molecule has 178 valence electrons. The number of hydrogen-bond donors (Lipinski definition) is 0. The lowest BCUT2D eigenvalue weighted by Crippen LogP contribution is -2.40. The number of thiophene rings is 1. The van der Waals surface area contributed by atoms with Crippen molar-refractivity contribution >= 4 is 33.1 Å². The highest BCUT2D eigenvalue weighted by Gasteiger charge is 2.35. The van der Waals surface area contributed by atoms with Crippen molar-refractivity contribution in [2.45, 2.75) is 37.0 Å². The van der Waals surface area contributed by atoms with E-state index in [1.807, 2.05) is 38.1 Å². The number of carbonyl (C=O) groups excluding carboxylic acids is 2. The smallest absolute Gasteiger partial charge is 0.310 e. The Morgan fingerprint density at radius 3 is 2.09 bits per heavy atom. The molecule has 0 radical (unpaired) electrons. The summed E-state index contributed by atoms with van der Waals surface area (Å²) < 4.78 is 33.0. The van der Waals surface area contributed by atoms with Gasteiger partial charge < -0.3 is 4.74 Å². The van der Waals surface area contributed by atoms with Gasteiger partial charge in [0.1, 0.15) is 4.21 Å². The van der Waals surface area contributed by atoms with Crippen LogP contribution in [0.1, 0.15) is 46.0 Å². The van der Waals surface area contributed by atoms with Crippen LogP contribution in [0.25, 0.3) is 0 Å². The molecule has 0 aliphatic carbocycles. The number of carbonyl (C=O) groups is 2. The minimum atomic E-state index is -3.55. The molecular weight excluding hydrogens is 470 g/mol. The van der Waals surface area contributed by atoms with Crippen molar-refractivity contribution in [3.63, 3.8) is 0 Å². The van der Waals surface area contributed by atoms with Crippen LogP contribution in [0.3, 0.4) is 0 Å². The van der Waals surface area contributed by atoms with Crippen LogP contribution in [0.2, 0.25) is 0 Å². The number of nitrogens with zero attached hydrogens (tertiary/aromatic N) is 1. The van der Waals surface area contributed by atoms with Crippen molar-refractivity contribution in [1.82, 2.24) is 4.31 Å². The minimum Gasteiger partial charge on any atom is -0.449 e. The third-order valence-corrected chi connectivity index (χ3v) is 9.34. The van der Waals surface area contributed by atoms with Gasteiger partial charge >= 0.3 is 5.97 Å². The molecule has 34 heavy (non-hydrogen) atoms. The van der Waals surface area contributed by atoms with Crippen LogP contribution in [0.4, 0.5) is 0 Å². The summed E-state index contributed by atoms with van der Waals surface area (Å²) in [6.45, 7) is 4.36. The second kappa shape index (κ2) is 10.2. The van der Waals surface area contributed by atoms with Gasteiger partial charge in [-0.15, -0.1) is 11.3 Å². The van der Waals surface area contributed by atoms with Crippen LogP contribution in [0.5, 0.6) is 0 Å². The number of Topliss-reactive ketones (excluding diaryl/α,β-unsaturated/α-hetero) is 1. The fraction of sp³-hybridized carbons (Fsp3) is 0.308. The number of rotatable bonds is 7. The maximum atomic E-state index is 13.3. The number of ketones is 1. The first-order valence-electron chi connectivity index (χ1n) is 11.2. The molecule has 2 aromatic carbocycles. The Balaban J connectivity index is 1.48. The third-order valence-electron chi connectivity index (χ3n) is 6.06. The van der Waals surface area contributed by atoms with E-state index in [2.05, 4.69) is 0 Å². The lowest BCUT2D eigenvalue weighted by atomic mass is 9.96. The van der Waals surface area contributed by atoms with Gasteiger partial charge in [0.05, 0.1) is 5.92 Å².